The minimum atomic E-state index is -0.965. The van der Waals surface area contributed by atoms with Crippen molar-refractivity contribution in [2.24, 2.45) is 0 Å². The Bertz CT molecular complexity index is 1520. The number of benzene rings is 2. The molecule has 2 aliphatic heterocycles. The van der Waals surface area contributed by atoms with Gasteiger partial charge in [0.05, 0.1) is 28.8 Å². The van der Waals surface area contributed by atoms with E-state index in [0.29, 0.717) is 40.5 Å². The molecule has 40 heavy (non-hydrogen) atoms. The lowest BCUT2D eigenvalue weighted by atomic mass is 9.94. The molecule has 9 heteroatoms. The maximum Gasteiger partial charge on any atom is 0.301 e. The van der Waals surface area contributed by atoms with Crippen LogP contribution in [0, 0.1) is 6.92 Å². The van der Waals surface area contributed by atoms with Crippen molar-refractivity contribution in [2.45, 2.75) is 65.5 Å². The zero-order chi connectivity index (χ0) is 28.6. The third kappa shape index (κ3) is 5.13. The summed E-state index contributed by atoms with van der Waals surface area (Å²) in [7, 11) is 0. The van der Waals surface area contributed by atoms with Gasteiger partial charge in [0.15, 0.2) is 10.9 Å². The molecule has 5 rings (SSSR count). The molecule has 0 spiro atoms. The zero-order valence-corrected chi connectivity index (χ0v) is 23.8. The van der Waals surface area contributed by atoms with E-state index in [2.05, 4.69) is 11.9 Å². The van der Waals surface area contributed by atoms with Crippen molar-refractivity contribution in [3.05, 3.63) is 75.3 Å². The van der Waals surface area contributed by atoms with Crippen molar-refractivity contribution in [3.63, 3.8) is 0 Å². The van der Waals surface area contributed by atoms with Crippen LogP contribution in [-0.2, 0) is 16.0 Å². The van der Waals surface area contributed by atoms with Crippen LogP contribution in [0.5, 0.6) is 11.5 Å². The Morgan fingerprint density at radius 3 is 2.73 bits per heavy atom. The van der Waals surface area contributed by atoms with Gasteiger partial charge in [-0.05, 0) is 61.7 Å². The maximum atomic E-state index is 13.6. The Hall–Kier alpha value is -3.98. The van der Waals surface area contributed by atoms with Gasteiger partial charge in [-0.15, -0.1) is 0 Å². The van der Waals surface area contributed by atoms with E-state index in [1.807, 2.05) is 13.0 Å². The molecule has 1 saturated heterocycles. The predicted molar refractivity (Wildman–Crippen MR) is 153 cm³/mol. The van der Waals surface area contributed by atoms with E-state index in [1.54, 1.807) is 43.3 Å². The summed E-state index contributed by atoms with van der Waals surface area (Å²) in [6.45, 7) is 7.76. The Morgan fingerprint density at radius 2 is 2.00 bits per heavy atom. The highest BCUT2D eigenvalue weighted by molar-refractivity contribution is 7.18. The first-order valence-electron chi connectivity index (χ1n) is 13.5. The SMILES string of the molecule is CCCCCOc1cccc([C@@H]2C(=C(O)c3ccc4c(c3)C[C@@H](C)O4)C(=O)C(=O)N2c2nc(C)c(C(C)=O)s2)c1. The number of fused-ring (bicyclic) bond motifs is 1. The summed E-state index contributed by atoms with van der Waals surface area (Å²) in [6.07, 6.45) is 3.72. The van der Waals surface area contributed by atoms with Gasteiger partial charge < -0.3 is 14.6 Å². The number of amides is 1. The van der Waals surface area contributed by atoms with Crippen LogP contribution in [0.15, 0.2) is 48.0 Å². The maximum absolute atomic E-state index is 13.6. The minimum Gasteiger partial charge on any atom is -0.507 e. The second kappa shape index (κ2) is 11.3. The molecule has 2 aromatic carbocycles. The average molecular weight is 561 g/mol. The molecule has 3 aromatic rings. The number of Topliss-reactive ketones (excluding diaryl/α,β-unsaturated/α-hetero) is 2. The molecule has 0 unspecified atom stereocenters. The molecular weight excluding hydrogens is 528 g/mol. The first-order valence-corrected chi connectivity index (χ1v) is 14.3. The van der Waals surface area contributed by atoms with Crippen LogP contribution in [0.4, 0.5) is 5.13 Å². The zero-order valence-electron chi connectivity index (χ0n) is 23.0. The molecule has 3 heterocycles. The molecule has 0 radical (unpaired) electrons. The third-order valence-corrected chi connectivity index (χ3v) is 8.37. The van der Waals surface area contributed by atoms with Crippen LogP contribution in [0.1, 0.15) is 78.1 Å². The number of aliphatic hydroxyl groups excluding tert-OH is 1. The number of ketones is 2. The number of hydrogen-bond donors (Lipinski definition) is 1. The van der Waals surface area contributed by atoms with Crippen LogP contribution in [0.25, 0.3) is 5.76 Å². The van der Waals surface area contributed by atoms with Crippen molar-refractivity contribution in [1.29, 1.82) is 0 Å². The van der Waals surface area contributed by atoms with E-state index in [9.17, 15) is 19.5 Å². The molecule has 8 nitrogen and oxygen atoms in total. The fourth-order valence-corrected chi connectivity index (χ4v) is 6.19. The van der Waals surface area contributed by atoms with Gasteiger partial charge in [-0.1, -0.05) is 43.2 Å². The van der Waals surface area contributed by atoms with Crippen molar-refractivity contribution in [3.8, 4) is 11.5 Å². The van der Waals surface area contributed by atoms with Crippen molar-refractivity contribution < 1.29 is 29.0 Å². The van der Waals surface area contributed by atoms with Crippen LogP contribution in [0.2, 0.25) is 0 Å². The molecule has 1 aromatic heterocycles. The largest absolute Gasteiger partial charge is 0.507 e. The number of carbonyl (C=O) groups excluding carboxylic acids is 3. The number of hydrogen-bond acceptors (Lipinski definition) is 8. The van der Waals surface area contributed by atoms with Gasteiger partial charge >= 0.3 is 5.91 Å². The Morgan fingerprint density at radius 1 is 1.20 bits per heavy atom. The average Bonchev–Trinajstić information content (AvgIpc) is 3.58. The second-order valence-corrected chi connectivity index (χ2v) is 11.2. The highest BCUT2D eigenvalue weighted by atomic mass is 32.1. The van der Waals surface area contributed by atoms with Crippen LogP contribution in [-0.4, -0.2) is 40.3 Å². The topological polar surface area (TPSA) is 106 Å². The Balaban J connectivity index is 1.63. The highest BCUT2D eigenvalue weighted by Crippen LogP contribution is 2.45. The summed E-state index contributed by atoms with van der Waals surface area (Å²) in [5.74, 6) is -0.748. The lowest BCUT2D eigenvalue weighted by Gasteiger charge is -2.23. The lowest BCUT2D eigenvalue weighted by molar-refractivity contribution is -0.132. The smallest absolute Gasteiger partial charge is 0.301 e. The fourth-order valence-electron chi connectivity index (χ4n) is 5.20. The van der Waals surface area contributed by atoms with E-state index < -0.39 is 17.7 Å². The van der Waals surface area contributed by atoms with Gasteiger partial charge in [-0.3, -0.25) is 19.3 Å². The van der Waals surface area contributed by atoms with Gasteiger partial charge in [0, 0.05) is 18.9 Å². The van der Waals surface area contributed by atoms with Crippen molar-refractivity contribution >= 4 is 39.7 Å². The van der Waals surface area contributed by atoms with E-state index >= 15 is 0 Å². The van der Waals surface area contributed by atoms with Gasteiger partial charge in [0.1, 0.15) is 23.4 Å². The van der Waals surface area contributed by atoms with Crippen molar-refractivity contribution in [1.82, 2.24) is 4.98 Å². The second-order valence-electron chi connectivity index (χ2n) is 10.2. The highest BCUT2D eigenvalue weighted by Gasteiger charge is 2.48. The molecular formula is C31H32N2O6S. The normalized spacial score (nSPS) is 19.6. The number of thiazole rings is 1. The quantitative estimate of drug-likeness (QED) is 0.110. The van der Waals surface area contributed by atoms with Gasteiger partial charge in [0.25, 0.3) is 5.78 Å². The first-order chi connectivity index (χ1) is 19.2. The van der Waals surface area contributed by atoms with E-state index in [-0.39, 0.29) is 28.4 Å². The molecule has 2 atom stereocenters. The number of aryl methyl sites for hydroxylation is 1. The van der Waals surface area contributed by atoms with Crippen molar-refractivity contribution in [2.75, 3.05) is 11.5 Å². The number of nitrogens with zero attached hydrogens (tertiary/aromatic N) is 2. The summed E-state index contributed by atoms with van der Waals surface area (Å²) in [6, 6.07) is 11.5. The molecule has 1 fully saturated rings. The molecule has 208 valence electrons. The molecule has 0 bridgehead atoms. The number of rotatable bonds is 9. The van der Waals surface area contributed by atoms with Gasteiger partial charge in [-0.25, -0.2) is 4.98 Å². The van der Waals surface area contributed by atoms with E-state index in [1.165, 1.54) is 11.8 Å². The Kier molecular flexibility index (Phi) is 7.76. The van der Waals surface area contributed by atoms with Crippen LogP contribution < -0.4 is 14.4 Å². The molecule has 1 amide bonds. The summed E-state index contributed by atoms with van der Waals surface area (Å²) in [5, 5.41) is 11.8. The number of anilines is 1. The summed E-state index contributed by atoms with van der Waals surface area (Å²) >= 11 is 1.06. The van der Waals surface area contributed by atoms with E-state index in [0.717, 1.165) is 41.9 Å². The molecule has 0 aliphatic carbocycles. The number of ether oxygens (including phenoxy) is 2. The lowest BCUT2D eigenvalue weighted by Crippen LogP contribution is -2.29. The number of aromatic nitrogens is 1. The summed E-state index contributed by atoms with van der Waals surface area (Å²) in [4.78, 5) is 45.5. The number of aliphatic hydroxyl groups is 1. The standard InChI is InChI=1S/C31H32N2O6S/c1-5-6-7-13-38-23-10-8-9-20(16-23)26-25(27(35)21-11-12-24-22(15-21)14-17(2)39-24)28(36)30(37)33(26)31-32-18(3)29(40-31)19(4)34/h8-12,15-17,26,35H,5-7,13-14H2,1-4H3/t17-,26-/m1/s1. The third-order valence-electron chi connectivity index (χ3n) is 7.12. The fraction of sp³-hybridized carbons (Fsp3) is 0.355. The van der Waals surface area contributed by atoms with Crippen LogP contribution in [0.3, 0.4) is 0 Å². The van der Waals surface area contributed by atoms with Crippen LogP contribution >= 0.6 is 11.3 Å². The first kappa shape index (κ1) is 27.6. The molecule has 1 N–H and O–H groups in total. The number of unbranched alkanes of at least 4 members (excludes halogenated alkanes) is 2. The molecule has 0 saturated carbocycles. The molecule has 2 aliphatic rings. The monoisotopic (exact) mass is 560 g/mol. The van der Waals surface area contributed by atoms with Gasteiger partial charge in [-0.2, -0.15) is 0 Å². The Labute approximate surface area is 237 Å². The summed E-state index contributed by atoms with van der Waals surface area (Å²) in [5.41, 5.74) is 2.37. The number of carbonyl (C=O) groups is 3. The minimum absolute atomic E-state index is 0.0154. The predicted octanol–water partition coefficient (Wildman–Crippen LogP) is 6.17. The van der Waals surface area contributed by atoms with Gasteiger partial charge in [0.2, 0.25) is 0 Å². The summed E-state index contributed by atoms with van der Waals surface area (Å²) < 4.78 is 11.7. The van der Waals surface area contributed by atoms with E-state index in [4.69, 9.17) is 9.47 Å².